The molecule has 11 nitrogen and oxygen atoms in total. The van der Waals surface area contributed by atoms with Crippen molar-refractivity contribution < 1.29 is 31.7 Å². The number of alkyl halides is 1. The van der Waals surface area contributed by atoms with Crippen LogP contribution in [-0.2, 0) is 26.1 Å². The number of nitrogens with one attached hydrogen (secondary N) is 3. The smallest absolute Gasteiger partial charge is 0.264 e. The first kappa shape index (κ1) is 34.8. The highest BCUT2D eigenvalue weighted by atomic mass is 35.5. The standard InChI is InChI=1S/C30H47ClFN5O6S/c31-25-18-34-30(35-19-25)36-12-9-22(10-13-36)6-5-14-43-26-8-7-23(27(32)17-26)16-28(38)37-20-24(21-37)29(39)33-11-3-1-2-4-15-44(40,41)42/h7-8,17,22,24-25,30,34-35H,1-6,9-16,18-21H2,(H,33,39)(H,40,41,42). The summed E-state index contributed by atoms with van der Waals surface area (Å²) < 4.78 is 50.7. The largest absolute Gasteiger partial charge is 0.493 e. The van der Waals surface area contributed by atoms with Gasteiger partial charge in [0, 0.05) is 51.9 Å². The zero-order chi connectivity index (χ0) is 31.5. The third-order valence-corrected chi connectivity index (χ3v) is 9.82. The van der Waals surface area contributed by atoms with E-state index in [0.717, 1.165) is 58.3 Å². The maximum absolute atomic E-state index is 14.7. The molecule has 0 atom stereocenters. The average molecular weight is 660 g/mol. The fourth-order valence-corrected chi connectivity index (χ4v) is 6.69. The van der Waals surface area contributed by atoms with E-state index >= 15 is 0 Å². The number of rotatable bonds is 16. The Morgan fingerprint density at radius 3 is 2.45 bits per heavy atom. The summed E-state index contributed by atoms with van der Waals surface area (Å²) in [5.41, 5.74) is 0.305. The summed E-state index contributed by atoms with van der Waals surface area (Å²) in [7, 11) is -3.92. The highest BCUT2D eigenvalue weighted by Gasteiger charge is 2.35. The number of hydrogen-bond donors (Lipinski definition) is 4. The number of likely N-dealkylation sites (tertiary alicyclic amines) is 2. The number of ether oxygens (including phenoxy) is 1. The lowest BCUT2D eigenvalue weighted by atomic mass is 9.92. The number of halogens is 2. The number of piperidine rings is 1. The molecule has 3 heterocycles. The maximum atomic E-state index is 14.7. The van der Waals surface area contributed by atoms with Gasteiger partial charge in [0.05, 0.1) is 30.1 Å². The van der Waals surface area contributed by atoms with E-state index in [1.54, 1.807) is 17.0 Å². The number of carbonyl (C=O) groups is 2. The van der Waals surface area contributed by atoms with Gasteiger partial charge in [-0.25, -0.2) is 4.39 Å². The minimum absolute atomic E-state index is 0.0684. The van der Waals surface area contributed by atoms with Crippen LogP contribution in [0.5, 0.6) is 5.75 Å². The quantitative estimate of drug-likeness (QED) is 0.120. The van der Waals surface area contributed by atoms with Crippen LogP contribution in [0.4, 0.5) is 4.39 Å². The number of carbonyl (C=O) groups excluding carboxylic acids is 2. The monoisotopic (exact) mass is 659 g/mol. The van der Waals surface area contributed by atoms with Gasteiger partial charge in [-0.3, -0.25) is 29.7 Å². The van der Waals surface area contributed by atoms with E-state index in [2.05, 4.69) is 20.9 Å². The zero-order valence-electron chi connectivity index (χ0n) is 25.3. The van der Waals surface area contributed by atoms with Gasteiger partial charge in [0.15, 0.2) is 0 Å². The van der Waals surface area contributed by atoms with E-state index in [4.69, 9.17) is 20.9 Å². The van der Waals surface area contributed by atoms with E-state index in [0.29, 0.717) is 62.7 Å². The second kappa shape index (κ2) is 17.0. The first-order valence-corrected chi connectivity index (χ1v) is 17.9. The fraction of sp³-hybridized carbons (Fsp3) is 0.733. The molecule has 0 aliphatic carbocycles. The number of unbranched alkanes of at least 4 members (excludes halogenated alkanes) is 3. The summed E-state index contributed by atoms with van der Waals surface area (Å²) in [6.45, 7) is 5.35. The summed E-state index contributed by atoms with van der Waals surface area (Å²) >= 11 is 6.14. The van der Waals surface area contributed by atoms with Crippen molar-refractivity contribution in [1.82, 2.24) is 25.8 Å². The van der Waals surface area contributed by atoms with E-state index < -0.39 is 15.9 Å². The van der Waals surface area contributed by atoms with Crippen molar-refractivity contribution in [2.24, 2.45) is 11.8 Å². The molecule has 0 aromatic heterocycles. The number of nitrogens with zero attached hydrogens (tertiary/aromatic N) is 2. The number of amides is 2. The maximum Gasteiger partial charge on any atom is 0.264 e. The first-order chi connectivity index (χ1) is 21.1. The van der Waals surface area contributed by atoms with Crippen LogP contribution in [0.1, 0.15) is 56.9 Å². The van der Waals surface area contributed by atoms with Gasteiger partial charge in [0.1, 0.15) is 17.9 Å². The topological polar surface area (TPSA) is 140 Å². The van der Waals surface area contributed by atoms with Crippen LogP contribution in [0, 0.1) is 17.7 Å². The van der Waals surface area contributed by atoms with E-state index in [1.807, 2.05) is 0 Å². The highest BCUT2D eigenvalue weighted by Crippen LogP contribution is 2.24. The summed E-state index contributed by atoms with van der Waals surface area (Å²) in [5, 5.41) is 9.89. The minimum atomic E-state index is -3.92. The predicted octanol–water partition coefficient (Wildman–Crippen LogP) is 2.35. The van der Waals surface area contributed by atoms with Gasteiger partial charge in [-0.05, 0) is 56.1 Å². The van der Waals surface area contributed by atoms with E-state index in [1.165, 1.54) is 6.07 Å². The van der Waals surface area contributed by atoms with Gasteiger partial charge >= 0.3 is 0 Å². The Morgan fingerprint density at radius 1 is 1.07 bits per heavy atom. The van der Waals surface area contributed by atoms with Crippen LogP contribution >= 0.6 is 11.6 Å². The average Bonchev–Trinajstić information content (AvgIpc) is 2.95. The lowest BCUT2D eigenvalue weighted by Gasteiger charge is -2.41. The van der Waals surface area contributed by atoms with Crippen molar-refractivity contribution in [2.45, 2.75) is 69.5 Å². The number of hydrogen-bond acceptors (Lipinski definition) is 8. The molecule has 0 saturated carbocycles. The molecule has 4 rings (SSSR count). The third-order valence-electron chi connectivity index (χ3n) is 8.70. The Labute approximate surface area is 265 Å². The molecule has 3 saturated heterocycles. The molecule has 2 amide bonds. The van der Waals surface area contributed by atoms with Gasteiger partial charge in [-0.15, -0.1) is 11.6 Å². The van der Waals surface area contributed by atoms with Gasteiger partial charge < -0.3 is 15.0 Å². The molecular formula is C30H47ClFN5O6S. The van der Waals surface area contributed by atoms with Gasteiger partial charge in [0.2, 0.25) is 11.8 Å². The van der Waals surface area contributed by atoms with Crippen LogP contribution in [0.15, 0.2) is 18.2 Å². The van der Waals surface area contributed by atoms with Crippen LogP contribution in [0.3, 0.4) is 0 Å². The molecule has 4 N–H and O–H groups in total. The van der Waals surface area contributed by atoms with Crippen LogP contribution in [0.25, 0.3) is 0 Å². The Kier molecular flexibility index (Phi) is 13.5. The van der Waals surface area contributed by atoms with Crippen LogP contribution in [0.2, 0.25) is 0 Å². The van der Waals surface area contributed by atoms with Gasteiger partial charge in [-0.2, -0.15) is 8.42 Å². The Morgan fingerprint density at radius 2 is 1.77 bits per heavy atom. The second-order valence-corrected chi connectivity index (χ2v) is 14.4. The summed E-state index contributed by atoms with van der Waals surface area (Å²) in [5.74, 6) is -0.221. The highest BCUT2D eigenvalue weighted by molar-refractivity contribution is 7.85. The van der Waals surface area contributed by atoms with E-state index in [9.17, 15) is 22.4 Å². The summed E-state index contributed by atoms with van der Waals surface area (Å²) in [6, 6.07) is 4.64. The van der Waals surface area contributed by atoms with E-state index in [-0.39, 0.29) is 41.6 Å². The predicted molar refractivity (Wildman–Crippen MR) is 167 cm³/mol. The van der Waals surface area contributed by atoms with Crippen molar-refractivity contribution in [3.8, 4) is 5.75 Å². The molecule has 1 aromatic rings. The van der Waals surface area contributed by atoms with Crippen LogP contribution < -0.4 is 20.7 Å². The molecule has 0 unspecified atom stereocenters. The SMILES string of the molecule is O=C(NCCCCCCS(=O)(=O)O)C1CN(C(=O)Cc2ccc(OCCCC3CCN(C4NCC(Cl)CN4)CC3)cc2F)C1. The lowest BCUT2D eigenvalue weighted by molar-refractivity contribution is -0.142. The molecular weight excluding hydrogens is 613 g/mol. The van der Waals surface area contributed by atoms with Crippen LogP contribution in [-0.4, -0.2) is 104 Å². The normalized spacial score (nSPS) is 22.0. The summed E-state index contributed by atoms with van der Waals surface area (Å²) in [4.78, 5) is 28.9. The van der Waals surface area contributed by atoms with Gasteiger partial charge in [0.25, 0.3) is 10.1 Å². The molecule has 44 heavy (non-hydrogen) atoms. The lowest BCUT2D eigenvalue weighted by Crippen LogP contribution is -2.62. The first-order valence-electron chi connectivity index (χ1n) is 15.8. The molecule has 248 valence electrons. The van der Waals surface area contributed by atoms with Crippen molar-refractivity contribution >= 4 is 33.5 Å². The third kappa shape index (κ3) is 11.4. The minimum Gasteiger partial charge on any atom is -0.493 e. The van der Waals surface area contributed by atoms with Crippen molar-refractivity contribution in [2.75, 3.05) is 58.2 Å². The van der Waals surface area contributed by atoms with Gasteiger partial charge in [-0.1, -0.05) is 18.9 Å². The second-order valence-electron chi connectivity index (χ2n) is 12.2. The Balaban J connectivity index is 1.05. The zero-order valence-corrected chi connectivity index (χ0v) is 26.9. The van der Waals surface area contributed by atoms with Crippen molar-refractivity contribution in [3.63, 3.8) is 0 Å². The molecule has 0 radical (unpaired) electrons. The molecule has 3 aliphatic rings. The van der Waals surface area contributed by atoms with Crippen molar-refractivity contribution in [3.05, 3.63) is 29.6 Å². The summed E-state index contributed by atoms with van der Waals surface area (Å²) in [6.07, 6.45) is 6.90. The molecule has 3 fully saturated rings. The fourth-order valence-electron chi connectivity index (χ4n) is 5.95. The molecule has 3 aliphatic heterocycles. The van der Waals surface area contributed by atoms with Crippen molar-refractivity contribution in [1.29, 1.82) is 0 Å². The Bertz CT molecular complexity index is 1190. The molecule has 14 heteroatoms. The Hall–Kier alpha value is -2.03. The molecule has 1 aromatic carbocycles. The molecule has 0 bridgehead atoms. The molecule has 0 spiro atoms. The number of benzene rings is 1.